The second-order valence-electron chi connectivity index (χ2n) is 5.01. The number of carbonyl (C=O) groups excluding carboxylic acids is 2. The molecule has 4 nitrogen and oxygen atoms in total. The Bertz CT molecular complexity index is 651. The molecule has 1 aromatic heterocycles. The topological polar surface area (TPSA) is 56.3 Å². The van der Waals surface area contributed by atoms with E-state index >= 15 is 0 Å². The number of aromatic nitrogens is 1. The van der Waals surface area contributed by atoms with E-state index < -0.39 is 12.1 Å². The van der Waals surface area contributed by atoms with Gasteiger partial charge in [-0.15, -0.1) is 11.3 Å². The minimum atomic E-state index is -0.590. The highest BCUT2D eigenvalue weighted by Gasteiger charge is 2.27. The molecular weight excluding hydrogens is 286 g/mol. The van der Waals surface area contributed by atoms with E-state index in [9.17, 15) is 9.59 Å². The van der Waals surface area contributed by atoms with E-state index in [0.717, 1.165) is 23.4 Å². The number of rotatable bonds is 3. The van der Waals surface area contributed by atoms with E-state index in [1.54, 1.807) is 5.38 Å². The predicted molar refractivity (Wildman–Crippen MR) is 80.2 cm³/mol. The molecule has 108 valence electrons. The van der Waals surface area contributed by atoms with Gasteiger partial charge in [0, 0.05) is 17.4 Å². The Morgan fingerprint density at radius 2 is 2.05 bits per heavy atom. The molecule has 0 bridgehead atoms. The average Bonchev–Trinajstić information content (AvgIpc) is 3.00. The third-order valence-corrected chi connectivity index (χ3v) is 4.37. The second kappa shape index (κ2) is 6.18. The third-order valence-electron chi connectivity index (χ3n) is 3.48. The lowest BCUT2D eigenvalue weighted by molar-refractivity contribution is -0.129. The Balaban J connectivity index is 1.71. The Kier molecular flexibility index (Phi) is 4.10. The van der Waals surface area contributed by atoms with Gasteiger partial charge in [0.05, 0.1) is 0 Å². The van der Waals surface area contributed by atoms with Crippen LogP contribution in [0.1, 0.15) is 36.2 Å². The first-order valence-corrected chi connectivity index (χ1v) is 7.86. The molecule has 1 fully saturated rings. The fourth-order valence-corrected chi connectivity index (χ4v) is 3.14. The number of ether oxygens (including phenoxy) is 1. The molecule has 5 heteroatoms. The van der Waals surface area contributed by atoms with Crippen LogP contribution in [0.5, 0.6) is 0 Å². The molecule has 1 aliphatic rings. The van der Waals surface area contributed by atoms with Gasteiger partial charge >= 0.3 is 5.97 Å². The largest absolute Gasteiger partial charge is 0.450 e. The molecule has 0 saturated heterocycles. The van der Waals surface area contributed by atoms with Crippen molar-refractivity contribution in [2.75, 3.05) is 0 Å². The number of benzene rings is 1. The van der Waals surface area contributed by atoms with Crippen molar-refractivity contribution in [1.82, 2.24) is 4.98 Å². The number of hydrogen-bond donors (Lipinski definition) is 0. The molecule has 1 heterocycles. The molecule has 1 aliphatic carbocycles. The first kappa shape index (κ1) is 13.9. The number of Topliss-reactive ketones (excluding diaryl/α,β-unsaturated/α-hetero) is 1. The van der Waals surface area contributed by atoms with Gasteiger partial charge in [0.1, 0.15) is 5.01 Å². The molecule has 21 heavy (non-hydrogen) atoms. The molecule has 0 unspecified atom stereocenters. The van der Waals surface area contributed by atoms with Crippen LogP contribution < -0.4 is 0 Å². The molecule has 1 atom stereocenters. The molecule has 3 rings (SSSR count). The summed E-state index contributed by atoms with van der Waals surface area (Å²) in [6.45, 7) is 0. The lowest BCUT2D eigenvalue weighted by Gasteiger charge is -2.19. The van der Waals surface area contributed by atoms with E-state index in [1.807, 2.05) is 30.3 Å². The van der Waals surface area contributed by atoms with E-state index in [2.05, 4.69) is 4.98 Å². The molecule has 0 N–H and O–H groups in total. The number of carbonyl (C=O) groups is 2. The van der Waals surface area contributed by atoms with Gasteiger partial charge in [-0.05, 0) is 19.3 Å². The fraction of sp³-hybridized carbons (Fsp3) is 0.312. The maximum atomic E-state index is 12.1. The maximum absolute atomic E-state index is 12.1. The normalized spacial score (nSPS) is 18.5. The van der Waals surface area contributed by atoms with E-state index in [4.69, 9.17) is 4.74 Å². The highest BCUT2D eigenvalue weighted by molar-refractivity contribution is 7.13. The maximum Gasteiger partial charge on any atom is 0.358 e. The first-order valence-electron chi connectivity index (χ1n) is 6.98. The molecule has 0 amide bonds. The fourth-order valence-electron chi connectivity index (χ4n) is 2.35. The zero-order valence-corrected chi connectivity index (χ0v) is 12.3. The van der Waals surface area contributed by atoms with Crippen molar-refractivity contribution in [3.8, 4) is 10.6 Å². The van der Waals surface area contributed by atoms with Gasteiger partial charge < -0.3 is 4.74 Å². The van der Waals surface area contributed by atoms with Crippen LogP contribution in [-0.4, -0.2) is 22.8 Å². The summed E-state index contributed by atoms with van der Waals surface area (Å²) < 4.78 is 5.29. The Morgan fingerprint density at radius 3 is 2.81 bits per heavy atom. The number of hydrogen-bond acceptors (Lipinski definition) is 5. The lowest BCUT2D eigenvalue weighted by atomic mass is 9.96. The van der Waals surface area contributed by atoms with Gasteiger partial charge in [0.15, 0.2) is 17.6 Å². The molecular formula is C16H15NO3S. The first-order chi connectivity index (χ1) is 10.2. The van der Waals surface area contributed by atoms with Crippen molar-refractivity contribution in [1.29, 1.82) is 0 Å². The quantitative estimate of drug-likeness (QED) is 0.814. The van der Waals surface area contributed by atoms with Gasteiger partial charge in [0.2, 0.25) is 0 Å². The third kappa shape index (κ3) is 3.19. The van der Waals surface area contributed by atoms with Gasteiger partial charge in [0.25, 0.3) is 0 Å². The Labute approximate surface area is 126 Å². The van der Waals surface area contributed by atoms with Crippen LogP contribution in [-0.2, 0) is 9.53 Å². The Hall–Kier alpha value is -2.01. The minimum Gasteiger partial charge on any atom is -0.450 e. The Morgan fingerprint density at radius 1 is 1.24 bits per heavy atom. The van der Waals surface area contributed by atoms with Crippen molar-refractivity contribution in [3.63, 3.8) is 0 Å². The van der Waals surface area contributed by atoms with Gasteiger partial charge in [-0.25, -0.2) is 9.78 Å². The van der Waals surface area contributed by atoms with Crippen LogP contribution in [0.4, 0.5) is 0 Å². The smallest absolute Gasteiger partial charge is 0.358 e. The highest BCUT2D eigenvalue weighted by Crippen LogP contribution is 2.24. The standard InChI is InChI=1S/C16H15NO3S/c18-13-8-4-5-9-14(13)20-16(19)12-10-21-15(17-12)11-6-2-1-3-7-11/h1-3,6-7,10,14H,4-5,8-9H2/t14-/m0/s1. The number of nitrogens with zero attached hydrogens (tertiary/aromatic N) is 1. The summed E-state index contributed by atoms with van der Waals surface area (Å²) in [6.07, 6.45) is 2.36. The van der Waals surface area contributed by atoms with Gasteiger partial charge in [-0.2, -0.15) is 0 Å². The minimum absolute atomic E-state index is 0.0214. The van der Waals surface area contributed by atoms with Crippen molar-refractivity contribution in [2.24, 2.45) is 0 Å². The van der Waals surface area contributed by atoms with E-state index in [0.29, 0.717) is 12.8 Å². The van der Waals surface area contributed by atoms with Gasteiger partial charge in [-0.1, -0.05) is 30.3 Å². The number of ketones is 1. The van der Waals surface area contributed by atoms with Crippen molar-refractivity contribution in [2.45, 2.75) is 31.8 Å². The molecule has 1 saturated carbocycles. The van der Waals surface area contributed by atoms with Crippen molar-refractivity contribution >= 4 is 23.1 Å². The highest BCUT2D eigenvalue weighted by atomic mass is 32.1. The van der Waals surface area contributed by atoms with Crippen LogP contribution >= 0.6 is 11.3 Å². The number of esters is 1. The zero-order valence-electron chi connectivity index (χ0n) is 11.5. The second-order valence-corrected chi connectivity index (χ2v) is 5.87. The van der Waals surface area contributed by atoms with Gasteiger partial charge in [-0.3, -0.25) is 4.79 Å². The summed E-state index contributed by atoms with van der Waals surface area (Å²) >= 11 is 1.40. The van der Waals surface area contributed by atoms with E-state index in [1.165, 1.54) is 11.3 Å². The van der Waals surface area contributed by atoms with Crippen molar-refractivity contribution < 1.29 is 14.3 Å². The average molecular weight is 301 g/mol. The zero-order chi connectivity index (χ0) is 14.7. The molecule has 0 aliphatic heterocycles. The lowest BCUT2D eigenvalue weighted by Crippen LogP contribution is -2.30. The van der Waals surface area contributed by atoms with Crippen LogP contribution in [0.25, 0.3) is 10.6 Å². The molecule has 2 aromatic rings. The molecule has 0 radical (unpaired) electrons. The van der Waals surface area contributed by atoms with Crippen LogP contribution in [0.3, 0.4) is 0 Å². The summed E-state index contributed by atoms with van der Waals surface area (Å²) in [5, 5.41) is 2.45. The molecule has 1 aromatic carbocycles. The van der Waals surface area contributed by atoms with Crippen LogP contribution in [0.15, 0.2) is 35.7 Å². The van der Waals surface area contributed by atoms with Crippen LogP contribution in [0, 0.1) is 0 Å². The van der Waals surface area contributed by atoms with Crippen molar-refractivity contribution in [3.05, 3.63) is 41.4 Å². The number of thiazole rings is 1. The SMILES string of the molecule is O=C(O[C@H]1CCCCC1=O)c1csc(-c2ccccc2)n1. The summed E-state index contributed by atoms with van der Waals surface area (Å²) in [6, 6.07) is 9.67. The predicted octanol–water partition coefficient (Wildman–Crippen LogP) is 3.48. The monoisotopic (exact) mass is 301 g/mol. The molecule has 0 spiro atoms. The summed E-state index contributed by atoms with van der Waals surface area (Å²) in [5.41, 5.74) is 1.24. The van der Waals surface area contributed by atoms with E-state index in [-0.39, 0.29) is 11.5 Å². The summed E-state index contributed by atoms with van der Waals surface area (Å²) in [4.78, 5) is 28.1. The van der Waals surface area contributed by atoms with Crippen LogP contribution in [0.2, 0.25) is 0 Å². The summed E-state index contributed by atoms with van der Waals surface area (Å²) in [7, 11) is 0. The summed E-state index contributed by atoms with van der Waals surface area (Å²) in [5.74, 6) is -0.484.